The molecule has 1 fully saturated rings. The van der Waals surface area contributed by atoms with Gasteiger partial charge in [0.05, 0.1) is 6.61 Å². The molecule has 0 aliphatic carbocycles. The van der Waals surface area contributed by atoms with E-state index in [0.29, 0.717) is 17.5 Å². The van der Waals surface area contributed by atoms with E-state index in [1.54, 1.807) is 17.4 Å². The van der Waals surface area contributed by atoms with E-state index >= 15 is 0 Å². The zero-order valence-electron chi connectivity index (χ0n) is 14.9. The SMILES string of the molecule is OC[C@H]1O[C@@H](c2ccc(F)c(Cc3cc4ccccc4s3)c2)[C@H](O)C(O)[C@@H]1O. The molecule has 4 rings (SSSR count). The van der Waals surface area contributed by atoms with Gasteiger partial charge in [0, 0.05) is 16.0 Å². The van der Waals surface area contributed by atoms with Crippen molar-refractivity contribution in [2.45, 2.75) is 36.9 Å². The van der Waals surface area contributed by atoms with Crippen LogP contribution in [0.3, 0.4) is 0 Å². The predicted molar refractivity (Wildman–Crippen MR) is 104 cm³/mol. The van der Waals surface area contributed by atoms with Crippen molar-refractivity contribution in [1.82, 2.24) is 0 Å². The van der Waals surface area contributed by atoms with Crippen molar-refractivity contribution in [2.24, 2.45) is 0 Å². The summed E-state index contributed by atoms with van der Waals surface area (Å²) in [7, 11) is 0. The molecular weight excluding hydrogens is 383 g/mol. The number of rotatable bonds is 4. The molecule has 0 radical (unpaired) electrons. The molecule has 2 heterocycles. The van der Waals surface area contributed by atoms with E-state index in [2.05, 4.69) is 0 Å². The van der Waals surface area contributed by atoms with E-state index in [1.807, 2.05) is 30.3 Å². The van der Waals surface area contributed by atoms with Gasteiger partial charge in [-0.15, -0.1) is 11.3 Å². The summed E-state index contributed by atoms with van der Waals surface area (Å²) >= 11 is 1.59. The average Bonchev–Trinajstić information content (AvgIpc) is 3.11. The maximum Gasteiger partial charge on any atom is 0.126 e. The smallest absolute Gasteiger partial charge is 0.126 e. The average molecular weight is 404 g/mol. The summed E-state index contributed by atoms with van der Waals surface area (Å²) in [5, 5.41) is 40.7. The van der Waals surface area contributed by atoms with Crippen LogP contribution in [0, 0.1) is 5.82 Å². The second-order valence-corrected chi connectivity index (χ2v) is 8.20. The topological polar surface area (TPSA) is 90.2 Å². The first-order valence-electron chi connectivity index (χ1n) is 9.04. The zero-order chi connectivity index (χ0) is 19.8. The molecule has 28 heavy (non-hydrogen) atoms. The Balaban J connectivity index is 1.63. The standard InChI is InChI=1S/C21H21FO5S/c22-15-6-5-12(21-20(26)19(25)18(24)16(10-23)27-21)7-13(15)9-14-8-11-3-1-2-4-17(11)28-14/h1-8,16,18-21,23-26H,9-10H2/t16-,18-,19?,20-,21+/m1/s1. The molecule has 7 heteroatoms. The number of fused-ring (bicyclic) bond motifs is 1. The number of benzene rings is 2. The summed E-state index contributed by atoms with van der Waals surface area (Å²) in [6.45, 7) is -0.503. The van der Waals surface area contributed by atoms with Crippen molar-refractivity contribution in [1.29, 1.82) is 0 Å². The highest BCUT2D eigenvalue weighted by atomic mass is 32.1. The van der Waals surface area contributed by atoms with Crippen LogP contribution in [-0.2, 0) is 11.2 Å². The second-order valence-electron chi connectivity index (χ2n) is 7.03. The van der Waals surface area contributed by atoms with Crippen LogP contribution in [0.25, 0.3) is 10.1 Å². The highest BCUT2D eigenvalue weighted by Crippen LogP contribution is 2.34. The lowest BCUT2D eigenvalue weighted by Crippen LogP contribution is -2.55. The van der Waals surface area contributed by atoms with E-state index < -0.39 is 37.1 Å². The molecule has 1 aliphatic rings. The lowest BCUT2D eigenvalue weighted by atomic mass is 9.90. The fraction of sp³-hybridized carbons (Fsp3) is 0.333. The zero-order valence-corrected chi connectivity index (χ0v) is 15.7. The van der Waals surface area contributed by atoms with E-state index in [9.17, 15) is 24.8 Å². The maximum absolute atomic E-state index is 14.4. The number of hydrogen-bond donors (Lipinski definition) is 4. The molecule has 1 aliphatic heterocycles. The van der Waals surface area contributed by atoms with Crippen molar-refractivity contribution in [3.05, 3.63) is 70.4 Å². The number of thiophene rings is 1. The van der Waals surface area contributed by atoms with Crippen molar-refractivity contribution in [3.8, 4) is 0 Å². The molecular formula is C21H21FO5S. The van der Waals surface area contributed by atoms with Gasteiger partial charge in [0.15, 0.2) is 0 Å². The number of hydrogen-bond acceptors (Lipinski definition) is 6. The van der Waals surface area contributed by atoms with Crippen LogP contribution in [0.2, 0.25) is 0 Å². The van der Waals surface area contributed by atoms with Crippen LogP contribution in [-0.4, -0.2) is 51.4 Å². The Hall–Kier alpha value is -1.87. The van der Waals surface area contributed by atoms with Gasteiger partial charge in [-0.05, 0) is 40.8 Å². The molecule has 0 bridgehead atoms. The van der Waals surface area contributed by atoms with Gasteiger partial charge in [0.1, 0.15) is 36.3 Å². The van der Waals surface area contributed by atoms with Gasteiger partial charge < -0.3 is 25.2 Å². The Morgan fingerprint density at radius 1 is 0.964 bits per heavy atom. The Kier molecular flexibility index (Phi) is 5.46. The highest BCUT2D eigenvalue weighted by Gasteiger charge is 2.44. The third-order valence-corrected chi connectivity index (χ3v) is 6.25. The minimum atomic E-state index is -1.47. The van der Waals surface area contributed by atoms with Crippen LogP contribution >= 0.6 is 11.3 Å². The molecule has 148 valence electrons. The summed E-state index contributed by atoms with van der Waals surface area (Å²) < 4.78 is 21.1. The first-order valence-corrected chi connectivity index (χ1v) is 9.86. The molecule has 2 aromatic carbocycles. The first kappa shape index (κ1) is 19.4. The first-order chi connectivity index (χ1) is 13.5. The largest absolute Gasteiger partial charge is 0.394 e. The summed E-state index contributed by atoms with van der Waals surface area (Å²) in [6.07, 6.45) is -5.87. The number of aliphatic hydroxyl groups is 4. The quantitative estimate of drug-likeness (QED) is 0.535. The molecule has 1 unspecified atom stereocenters. The summed E-state index contributed by atoms with van der Waals surface area (Å²) in [5.74, 6) is -0.370. The van der Waals surface area contributed by atoms with Gasteiger partial charge in [0.25, 0.3) is 0 Å². The summed E-state index contributed by atoms with van der Waals surface area (Å²) in [6, 6.07) is 14.4. The molecule has 1 saturated heterocycles. The van der Waals surface area contributed by atoms with Crippen LogP contribution in [0.4, 0.5) is 4.39 Å². The Morgan fingerprint density at radius 3 is 2.50 bits per heavy atom. The highest BCUT2D eigenvalue weighted by molar-refractivity contribution is 7.19. The third kappa shape index (κ3) is 3.57. The van der Waals surface area contributed by atoms with E-state index in [0.717, 1.165) is 15.0 Å². The van der Waals surface area contributed by atoms with Crippen LogP contribution < -0.4 is 0 Å². The van der Waals surface area contributed by atoms with Crippen molar-refractivity contribution < 1.29 is 29.6 Å². The van der Waals surface area contributed by atoms with Crippen LogP contribution in [0.15, 0.2) is 48.5 Å². The van der Waals surface area contributed by atoms with E-state index in [-0.39, 0.29) is 5.82 Å². The van der Waals surface area contributed by atoms with Crippen molar-refractivity contribution in [3.63, 3.8) is 0 Å². The molecule has 4 N–H and O–H groups in total. The summed E-state index contributed by atoms with van der Waals surface area (Å²) in [5.41, 5.74) is 0.926. The number of aliphatic hydroxyl groups excluding tert-OH is 4. The van der Waals surface area contributed by atoms with Gasteiger partial charge in [-0.25, -0.2) is 4.39 Å². The number of ether oxygens (including phenoxy) is 1. The van der Waals surface area contributed by atoms with E-state index in [4.69, 9.17) is 4.74 Å². The number of halogens is 1. The maximum atomic E-state index is 14.4. The second kappa shape index (κ2) is 7.87. The Bertz CT molecular complexity index is 939. The molecule has 0 spiro atoms. The molecule has 3 aromatic rings. The van der Waals surface area contributed by atoms with Gasteiger partial charge in [-0.3, -0.25) is 0 Å². The molecule has 5 atom stereocenters. The fourth-order valence-electron chi connectivity index (χ4n) is 3.60. The fourth-order valence-corrected chi connectivity index (χ4v) is 4.68. The predicted octanol–water partition coefficient (Wildman–Crippen LogP) is 2.15. The van der Waals surface area contributed by atoms with Crippen molar-refractivity contribution in [2.75, 3.05) is 6.61 Å². The lowest BCUT2D eigenvalue weighted by molar-refractivity contribution is -0.231. The van der Waals surface area contributed by atoms with Crippen LogP contribution in [0.5, 0.6) is 0 Å². The van der Waals surface area contributed by atoms with Gasteiger partial charge in [-0.1, -0.05) is 24.3 Å². The Morgan fingerprint density at radius 2 is 1.75 bits per heavy atom. The minimum Gasteiger partial charge on any atom is -0.394 e. The lowest BCUT2D eigenvalue weighted by Gasteiger charge is -2.40. The van der Waals surface area contributed by atoms with Gasteiger partial charge >= 0.3 is 0 Å². The molecule has 0 amide bonds. The van der Waals surface area contributed by atoms with Crippen molar-refractivity contribution >= 4 is 21.4 Å². The molecule has 0 saturated carbocycles. The monoisotopic (exact) mass is 404 g/mol. The van der Waals surface area contributed by atoms with E-state index in [1.165, 1.54) is 12.1 Å². The third-order valence-electron chi connectivity index (χ3n) is 5.13. The Labute approximate surface area is 165 Å². The summed E-state index contributed by atoms with van der Waals surface area (Å²) in [4.78, 5) is 1.01. The van der Waals surface area contributed by atoms with Crippen LogP contribution in [0.1, 0.15) is 22.1 Å². The minimum absolute atomic E-state index is 0.370. The normalized spacial score (nSPS) is 28.0. The molecule has 1 aromatic heterocycles. The van der Waals surface area contributed by atoms with Gasteiger partial charge in [-0.2, -0.15) is 0 Å². The molecule has 5 nitrogen and oxygen atoms in total. The van der Waals surface area contributed by atoms with Gasteiger partial charge in [0.2, 0.25) is 0 Å².